The van der Waals surface area contributed by atoms with Gasteiger partial charge in [-0.25, -0.2) is 23.7 Å². The van der Waals surface area contributed by atoms with Crippen LogP contribution in [0.4, 0.5) is 19.7 Å². The normalized spacial score (nSPS) is 23.9. The van der Waals surface area contributed by atoms with Gasteiger partial charge in [0.25, 0.3) is 5.91 Å². The number of aliphatic carboxylic acids is 1. The van der Waals surface area contributed by atoms with Crippen molar-refractivity contribution in [2.45, 2.75) is 43.4 Å². The molecule has 38 heavy (non-hydrogen) atoms. The molecule has 0 unspecified atom stereocenters. The maximum Gasteiger partial charge on any atom is 0.418 e. The lowest BCUT2D eigenvalue weighted by Gasteiger charge is -2.30. The number of rotatable bonds is 5. The lowest BCUT2D eigenvalue weighted by atomic mass is 9.94. The molecule has 3 atom stereocenters. The van der Waals surface area contributed by atoms with Crippen LogP contribution < -0.4 is 10.6 Å². The highest BCUT2D eigenvalue weighted by Gasteiger charge is 2.59. The lowest BCUT2D eigenvalue weighted by molar-refractivity contribution is -0.151. The number of hydrogen-bond donors (Lipinski definition) is 3. The van der Waals surface area contributed by atoms with Crippen LogP contribution in [-0.2, 0) is 31.1 Å². The van der Waals surface area contributed by atoms with Gasteiger partial charge in [0.05, 0.1) is 6.04 Å². The SMILES string of the molecule is CNC(=O)Nc1ccc2c(c1)CC[C@@]21OC(=O)N(CC(=O)N2[C@@H](C(=O)O)CC[C@H]2c2ccc(F)cc2)C1=O. The van der Waals surface area contributed by atoms with Gasteiger partial charge in [-0.2, -0.15) is 0 Å². The third-order valence-electron chi connectivity index (χ3n) is 7.35. The average Bonchev–Trinajstić information content (AvgIpc) is 3.56. The minimum Gasteiger partial charge on any atom is -0.480 e. The smallest absolute Gasteiger partial charge is 0.418 e. The van der Waals surface area contributed by atoms with Gasteiger partial charge < -0.3 is 25.4 Å². The number of carbonyl (C=O) groups excluding carboxylic acids is 4. The minimum absolute atomic E-state index is 0.167. The van der Waals surface area contributed by atoms with Gasteiger partial charge in [-0.05, 0) is 54.7 Å². The van der Waals surface area contributed by atoms with Crippen molar-refractivity contribution in [3.8, 4) is 0 Å². The van der Waals surface area contributed by atoms with Crippen molar-refractivity contribution >= 4 is 35.6 Å². The molecule has 3 N–H and O–H groups in total. The standard InChI is InChI=1S/C26H25FN4O7/c1-28-24(36)29-17-6-7-18-15(12-17)10-11-26(18)23(35)30(25(37)38-26)13-21(32)31-19(8-9-20(31)22(33)34)14-2-4-16(27)5-3-14/h2-7,12,19-20H,8-11,13H2,1H3,(H,33,34)(H2,28,29,36)/t19-,20+,26+/m0/s1. The van der Waals surface area contributed by atoms with E-state index in [1.54, 1.807) is 18.2 Å². The largest absolute Gasteiger partial charge is 0.480 e. The summed E-state index contributed by atoms with van der Waals surface area (Å²) in [6, 6.07) is 8.10. The molecule has 1 aliphatic carbocycles. The Morgan fingerprint density at radius 1 is 1.13 bits per heavy atom. The van der Waals surface area contributed by atoms with Crippen molar-refractivity contribution in [1.29, 1.82) is 0 Å². The predicted octanol–water partition coefficient (Wildman–Crippen LogP) is 2.51. The van der Waals surface area contributed by atoms with Crippen LogP contribution in [-0.4, -0.2) is 64.4 Å². The number of halogens is 1. The topological polar surface area (TPSA) is 145 Å². The number of nitrogens with one attached hydrogen (secondary N) is 2. The molecule has 2 aliphatic heterocycles. The number of hydrogen-bond acceptors (Lipinski definition) is 6. The monoisotopic (exact) mass is 524 g/mol. The molecule has 11 nitrogen and oxygen atoms in total. The van der Waals surface area contributed by atoms with Gasteiger partial charge in [0.2, 0.25) is 11.5 Å². The maximum absolute atomic E-state index is 13.5. The molecule has 12 heteroatoms. The summed E-state index contributed by atoms with van der Waals surface area (Å²) >= 11 is 0. The van der Waals surface area contributed by atoms with E-state index in [1.165, 1.54) is 31.3 Å². The van der Waals surface area contributed by atoms with Crippen molar-refractivity contribution in [2.75, 3.05) is 18.9 Å². The van der Waals surface area contributed by atoms with E-state index >= 15 is 0 Å². The van der Waals surface area contributed by atoms with Crippen LogP contribution in [0.25, 0.3) is 0 Å². The number of imide groups is 1. The third-order valence-corrected chi connectivity index (χ3v) is 7.35. The Labute approximate surface area is 216 Å². The molecule has 198 valence electrons. The van der Waals surface area contributed by atoms with Crippen LogP contribution in [0.3, 0.4) is 0 Å². The molecule has 1 spiro atoms. The second-order valence-corrected chi connectivity index (χ2v) is 9.46. The van der Waals surface area contributed by atoms with Crippen LogP contribution in [0.15, 0.2) is 42.5 Å². The lowest BCUT2D eigenvalue weighted by Crippen LogP contribution is -2.48. The van der Waals surface area contributed by atoms with E-state index in [2.05, 4.69) is 10.6 Å². The molecular formula is C26H25FN4O7. The molecule has 2 fully saturated rings. The Hall–Kier alpha value is -4.48. The number of carbonyl (C=O) groups is 5. The highest BCUT2D eigenvalue weighted by atomic mass is 19.1. The van der Waals surface area contributed by atoms with E-state index in [-0.39, 0.29) is 12.8 Å². The quantitative estimate of drug-likeness (QED) is 0.545. The van der Waals surface area contributed by atoms with Crippen LogP contribution >= 0.6 is 0 Å². The van der Waals surface area contributed by atoms with Crippen LogP contribution in [0.5, 0.6) is 0 Å². The van der Waals surface area contributed by atoms with Gasteiger partial charge in [0.1, 0.15) is 18.4 Å². The average molecular weight is 525 g/mol. The molecule has 0 saturated carbocycles. The van der Waals surface area contributed by atoms with E-state index in [4.69, 9.17) is 4.74 Å². The summed E-state index contributed by atoms with van der Waals surface area (Å²) < 4.78 is 19.0. The Morgan fingerprint density at radius 3 is 2.55 bits per heavy atom. The van der Waals surface area contributed by atoms with E-state index in [9.17, 15) is 33.5 Å². The number of anilines is 1. The van der Waals surface area contributed by atoms with E-state index < -0.39 is 60.0 Å². The summed E-state index contributed by atoms with van der Waals surface area (Å²) in [6.45, 7) is -0.688. The Kier molecular flexibility index (Phi) is 6.25. The number of urea groups is 1. The third kappa shape index (κ3) is 4.11. The van der Waals surface area contributed by atoms with Gasteiger partial charge in [-0.3, -0.25) is 9.59 Å². The number of carboxylic acid groups (broad SMARTS) is 1. The van der Waals surface area contributed by atoms with E-state index in [1.807, 2.05) is 0 Å². The van der Waals surface area contributed by atoms with Gasteiger partial charge in [0, 0.05) is 24.7 Å². The number of ether oxygens (including phenoxy) is 1. The number of amides is 5. The van der Waals surface area contributed by atoms with Gasteiger partial charge in [-0.1, -0.05) is 18.2 Å². The highest BCUT2D eigenvalue weighted by Crippen LogP contribution is 2.46. The molecule has 0 bridgehead atoms. The molecule has 5 rings (SSSR count). The van der Waals surface area contributed by atoms with Crippen molar-refractivity contribution in [2.24, 2.45) is 0 Å². The summed E-state index contributed by atoms with van der Waals surface area (Å²) in [6.07, 6.45) is 0.0787. The highest BCUT2D eigenvalue weighted by molar-refractivity contribution is 6.06. The Balaban J connectivity index is 1.38. The zero-order chi connectivity index (χ0) is 27.2. The molecule has 3 aliphatic rings. The first kappa shape index (κ1) is 25.2. The molecule has 5 amide bonds. The zero-order valence-electron chi connectivity index (χ0n) is 20.4. The first-order valence-corrected chi connectivity index (χ1v) is 12.1. The van der Waals surface area contributed by atoms with Crippen LogP contribution in [0.2, 0.25) is 0 Å². The van der Waals surface area contributed by atoms with E-state index in [0.717, 1.165) is 10.5 Å². The number of aryl methyl sites for hydroxylation is 1. The fourth-order valence-corrected chi connectivity index (χ4v) is 5.55. The fraction of sp³-hybridized carbons (Fsp3) is 0.346. The second-order valence-electron chi connectivity index (χ2n) is 9.46. The molecular weight excluding hydrogens is 499 g/mol. The number of nitrogens with zero attached hydrogens (tertiary/aromatic N) is 2. The zero-order valence-corrected chi connectivity index (χ0v) is 20.4. The summed E-state index contributed by atoms with van der Waals surface area (Å²) in [7, 11) is 1.48. The number of likely N-dealkylation sites (tertiary alicyclic amines) is 1. The molecule has 0 aromatic heterocycles. The molecule has 2 aromatic rings. The summed E-state index contributed by atoms with van der Waals surface area (Å²) in [4.78, 5) is 65.2. The number of carboxylic acids is 1. The van der Waals surface area contributed by atoms with Crippen LogP contribution in [0.1, 0.15) is 42.0 Å². The van der Waals surface area contributed by atoms with Gasteiger partial charge in [-0.15, -0.1) is 0 Å². The first-order valence-electron chi connectivity index (χ1n) is 12.1. The Bertz CT molecular complexity index is 1350. The summed E-state index contributed by atoms with van der Waals surface area (Å²) in [5, 5.41) is 14.8. The molecule has 2 aromatic carbocycles. The molecule has 2 heterocycles. The van der Waals surface area contributed by atoms with Gasteiger partial charge >= 0.3 is 18.1 Å². The van der Waals surface area contributed by atoms with Crippen molar-refractivity contribution in [3.63, 3.8) is 0 Å². The van der Waals surface area contributed by atoms with Gasteiger partial charge in [0.15, 0.2) is 0 Å². The number of fused-ring (bicyclic) bond motifs is 2. The van der Waals surface area contributed by atoms with E-state index in [0.29, 0.717) is 34.6 Å². The first-order chi connectivity index (χ1) is 18.1. The maximum atomic E-state index is 13.5. The second kappa shape index (κ2) is 9.43. The minimum atomic E-state index is -1.59. The van der Waals surface area contributed by atoms with Crippen LogP contribution in [0, 0.1) is 5.82 Å². The molecule has 0 radical (unpaired) electrons. The predicted molar refractivity (Wildman–Crippen MR) is 129 cm³/mol. The Morgan fingerprint density at radius 2 is 1.87 bits per heavy atom. The molecule has 2 saturated heterocycles. The van der Waals surface area contributed by atoms with Crippen molar-refractivity contribution in [3.05, 3.63) is 65.0 Å². The fourth-order valence-electron chi connectivity index (χ4n) is 5.55. The summed E-state index contributed by atoms with van der Waals surface area (Å²) in [5.74, 6) is -3.11. The van der Waals surface area contributed by atoms with Crippen molar-refractivity contribution in [1.82, 2.24) is 15.1 Å². The summed E-state index contributed by atoms with van der Waals surface area (Å²) in [5.41, 5.74) is 0.661. The number of benzene rings is 2. The van der Waals surface area contributed by atoms with Crippen molar-refractivity contribution < 1.29 is 38.2 Å².